The molecule has 1 aliphatic heterocycles. The van der Waals surface area contributed by atoms with Crippen molar-refractivity contribution in [3.05, 3.63) is 0 Å². The lowest BCUT2D eigenvalue weighted by molar-refractivity contribution is -0.312. The third kappa shape index (κ3) is 1.38. The predicted octanol–water partition coefficient (Wildman–Crippen LogP) is 0.966. The molecule has 2 N–H and O–H groups in total. The van der Waals surface area contributed by atoms with E-state index in [9.17, 15) is 17.4 Å². The van der Waals surface area contributed by atoms with Crippen LogP contribution < -0.4 is 5.14 Å². The normalized spacial score (nSPS) is 24.1. The number of hydrogen-bond acceptors (Lipinski definition) is 2. The number of alkyl halides is 3. The Bertz CT molecular complexity index is 260. The molecule has 0 aliphatic carbocycles. The Morgan fingerprint density at radius 1 is 1.36 bits per heavy atom. The zero-order valence-electron chi connectivity index (χ0n) is 7.85. The summed E-state index contributed by atoms with van der Waals surface area (Å²) in [5.74, 6) is 0. The highest BCUT2D eigenvalue weighted by Gasteiger charge is 2.69. The van der Waals surface area contributed by atoms with Gasteiger partial charge in [-0.15, -0.1) is 0 Å². The van der Waals surface area contributed by atoms with Gasteiger partial charge in [-0.1, -0.05) is 0 Å². The van der Waals surface area contributed by atoms with Crippen LogP contribution in [0, 0.1) is 5.41 Å². The standard InChI is InChI=1S/C7H12F3NO2S/c1-5(2,14(11)12)6(3-13-4-6)7(8,9)10/h3-4,11H2,1-2H3. The van der Waals surface area contributed by atoms with E-state index >= 15 is 0 Å². The van der Waals surface area contributed by atoms with E-state index < -0.39 is 40.5 Å². The molecule has 0 aromatic rings. The van der Waals surface area contributed by atoms with Gasteiger partial charge >= 0.3 is 6.18 Å². The van der Waals surface area contributed by atoms with Crippen LogP contribution >= 0.6 is 0 Å². The van der Waals surface area contributed by atoms with Gasteiger partial charge in [-0.05, 0) is 13.8 Å². The Balaban J connectivity index is 3.08. The monoisotopic (exact) mass is 231 g/mol. The summed E-state index contributed by atoms with van der Waals surface area (Å²) in [4.78, 5) is 0. The molecule has 3 nitrogen and oxygen atoms in total. The van der Waals surface area contributed by atoms with Crippen molar-refractivity contribution in [2.75, 3.05) is 13.2 Å². The maximum absolute atomic E-state index is 12.7. The average molecular weight is 231 g/mol. The molecular formula is C7H12F3NO2S. The fraction of sp³-hybridized carbons (Fsp3) is 1.00. The molecule has 7 heteroatoms. The van der Waals surface area contributed by atoms with Gasteiger partial charge in [-0.2, -0.15) is 13.2 Å². The molecule has 14 heavy (non-hydrogen) atoms. The highest BCUT2D eigenvalue weighted by Crippen LogP contribution is 2.52. The molecule has 1 unspecified atom stereocenters. The first kappa shape index (κ1) is 11.9. The van der Waals surface area contributed by atoms with Crippen LogP contribution in [-0.4, -0.2) is 28.3 Å². The van der Waals surface area contributed by atoms with Crippen molar-refractivity contribution >= 4 is 11.0 Å². The fourth-order valence-electron chi connectivity index (χ4n) is 1.35. The van der Waals surface area contributed by atoms with Gasteiger partial charge in [0, 0.05) is 0 Å². The van der Waals surface area contributed by atoms with Gasteiger partial charge in [0.25, 0.3) is 0 Å². The Kier molecular flexibility index (Phi) is 2.71. The fourth-order valence-corrected chi connectivity index (χ4v) is 1.97. The van der Waals surface area contributed by atoms with Gasteiger partial charge < -0.3 is 4.74 Å². The second-order valence-electron chi connectivity index (χ2n) is 3.88. The van der Waals surface area contributed by atoms with Crippen molar-refractivity contribution in [3.8, 4) is 0 Å². The van der Waals surface area contributed by atoms with E-state index in [2.05, 4.69) is 4.74 Å². The van der Waals surface area contributed by atoms with Crippen LogP contribution in [0.4, 0.5) is 13.2 Å². The van der Waals surface area contributed by atoms with Crippen LogP contribution in [0.15, 0.2) is 0 Å². The minimum absolute atomic E-state index is 0.466. The molecule has 0 aromatic heterocycles. The lowest BCUT2D eigenvalue weighted by atomic mass is 9.74. The van der Waals surface area contributed by atoms with Gasteiger partial charge in [-0.25, -0.2) is 4.21 Å². The second kappa shape index (κ2) is 3.18. The lowest BCUT2D eigenvalue weighted by Crippen LogP contribution is -2.67. The summed E-state index contributed by atoms with van der Waals surface area (Å²) < 4.78 is 52.4. The summed E-state index contributed by atoms with van der Waals surface area (Å²) >= 11 is 0. The summed E-state index contributed by atoms with van der Waals surface area (Å²) in [7, 11) is -2.04. The SMILES string of the molecule is CC(C)(S(N)=O)C1(C(F)(F)F)COC1. The quantitative estimate of drug-likeness (QED) is 0.769. The Labute approximate surface area is 82.4 Å². The van der Waals surface area contributed by atoms with Crippen molar-refractivity contribution in [2.24, 2.45) is 10.6 Å². The first-order valence-corrected chi connectivity index (χ1v) is 5.17. The minimum atomic E-state index is -4.44. The molecule has 1 aliphatic rings. The molecule has 1 heterocycles. The maximum Gasteiger partial charge on any atom is 0.400 e. The van der Waals surface area contributed by atoms with Crippen LogP contribution in [0.2, 0.25) is 0 Å². The number of halogens is 3. The van der Waals surface area contributed by atoms with Gasteiger partial charge in [0.05, 0.1) is 28.9 Å². The summed E-state index contributed by atoms with van der Waals surface area (Å²) in [6, 6.07) is 0. The van der Waals surface area contributed by atoms with Crippen molar-refractivity contribution < 1.29 is 22.1 Å². The minimum Gasteiger partial charge on any atom is -0.379 e. The van der Waals surface area contributed by atoms with Crippen molar-refractivity contribution in [3.63, 3.8) is 0 Å². The summed E-state index contributed by atoms with van der Waals surface area (Å²) in [6.07, 6.45) is -4.44. The predicted molar refractivity (Wildman–Crippen MR) is 45.7 cm³/mol. The number of ether oxygens (including phenoxy) is 1. The first-order chi connectivity index (χ1) is 6.15. The van der Waals surface area contributed by atoms with E-state index in [0.29, 0.717) is 0 Å². The van der Waals surface area contributed by atoms with Crippen LogP contribution in [-0.2, 0) is 15.7 Å². The zero-order chi connectivity index (χ0) is 11.2. The third-order valence-corrected chi connectivity index (χ3v) is 4.29. The highest BCUT2D eigenvalue weighted by atomic mass is 32.2. The average Bonchev–Trinajstić information content (AvgIpc) is 1.77. The Morgan fingerprint density at radius 3 is 1.86 bits per heavy atom. The van der Waals surface area contributed by atoms with E-state index in [-0.39, 0.29) is 0 Å². The van der Waals surface area contributed by atoms with Crippen molar-refractivity contribution in [1.29, 1.82) is 0 Å². The molecule has 84 valence electrons. The number of rotatable bonds is 2. The number of hydrogen-bond donors (Lipinski definition) is 1. The molecule has 1 rings (SSSR count). The molecule has 0 aromatic carbocycles. The molecular weight excluding hydrogens is 219 g/mol. The van der Waals surface area contributed by atoms with Gasteiger partial charge in [0.15, 0.2) is 0 Å². The molecule has 0 bridgehead atoms. The second-order valence-corrected chi connectivity index (χ2v) is 5.50. The molecule has 1 saturated heterocycles. The smallest absolute Gasteiger partial charge is 0.379 e. The largest absolute Gasteiger partial charge is 0.400 e. The molecule has 0 spiro atoms. The van der Waals surface area contributed by atoms with E-state index in [1.165, 1.54) is 13.8 Å². The molecule has 0 amide bonds. The summed E-state index contributed by atoms with van der Waals surface area (Å²) in [5.41, 5.74) is -2.07. The van der Waals surface area contributed by atoms with Crippen molar-refractivity contribution in [1.82, 2.24) is 0 Å². The van der Waals surface area contributed by atoms with Crippen molar-refractivity contribution in [2.45, 2.75) is 24.8 Å². The van der Waals surface area contributed by atoms with Gasteiger partial charge in [-0.3, -0.25) is 5.14 Å². The molecule has 0 saturated carbocycles. The van der Waals surface area contributed by atoms with E-state index in [0.717, 1.165) is 0 Å². The zero-order valence-corrected chi connectivity index (χ0v) is 8.67. The molecule has 0 radical (unpaired) electrons. The Hall–Kier alpha value is -0.140. The van der Waals surface area contributed by atoms with Crippen LogP contribution in [0.1, 0.15) is 13.8 Å². The topological polar surface area (TPSA) is 52.3 Å². The summed E-state index contributed by atoms with van der Waals surface area (Å²) in [5, 5.41) is 5.08. The van der Waals surface area contributed by atoms with E-state index in [1.54, 1.807) is 0 Å². The first-order valence-electron chi connectivity index (χ1n) is 3.96. The number of nitrogens with two attached hydrogens (primary N) is 1. The Morgan fingerprint density at radius 2 is 1.79 bits per heavy atom. The summed E-state index contributed by atoms with van der Waals surface area (Å²) in [6.45, 7) is 1.57. The van der Waals surface area contributed by atoms with Gasteiger partial charge in [0.1, 0.15) is 5.41 Å². The lowest BCUT2D eigenvalue weighted by Gasteiger charge is -2.51. The van der Waals surface area contributed by atoms with Crippen LogP contribution in [0.3, 0.4) is 0 Å². The van der Waals surface area contributed by atoms with E-state index in [1.807, 2.05) is 0 Å². The third-order valence-electron chi connectivity index (χ3n) is 2.89. The molecule has 1 atom stereocenters. The maximum atomic E-state index is 12.7. The van der Waals surface area contributed by atoms with Crippen LogP contribution in [0.25, 0.3) is 0 Å². The van der Waals surface area contributed by atoms with Gasteiger partial charge in [0.2, 0.25) is 0 Å². The van der Waals surface area contributed by atoms with Crippen LogP contribution in [0.5, 0.6) is 0 Å². The highest BCUT2D eigenvalue weighted by molar-refractivity contribution is 7.84. The molecule has 1 fully saturated rings. The van der Waals surface area contributed by atoms with E-state index in [4.69, 9.17) is 5.14 Å².